The predicted molar refractivity (Wildman–Crippen MR) is 90.1 cm³/mol. The van der Waals surface area contributed by atoms with Gasteiger partial charge in [0.25, 0.3) is 5.91 Å². The zero-order valence-electron chi connectivity index (χ0n) is 12.9. The molecule has 0 saturated carbocycles. The number of hydrogen-bond donors (Lipinski definition) is 1. The SMILES string of the molecule is COc1cccc(NC(=O)c2cn(C)c3ccccc3c2=O)c1. The normalized spacial score (nSPS) is 10.5. The fraction of sp³-hybridized carbons (Fsp3) is 0.111. The first kappa shape index (κ1) is 14.8. The molecule has 1 amide bonds. The van der Waals surface area contributed by atoms with Crippen molar-refractivity contribution in [1.29, 1.82) is 0 Å². The Morgan fingerprint density at radius 1 is 1.13 bits per heavy atom. The van der Waals surface area contributed by atoms with Crippen molar-refractivity contribution in [3.63, 3.8) is 0 Å². The maximum atomic E-state index is 12.5. The van der Waals surface area contributed by atoms with Crippen LogP contribution < -0.4 is 15.5 Å². The lowest BCUT2D eigenvalue weighted by atomic mass is 10.1. The number of fused-ring (bicyclic) bond motifs is 1. The fourth-order valence-corrected chi connectivity index (χ4v) is 2.50. The van der Waals surface area contributed by atoms with Gasteiger partial charge in [-0.2, -0.15) is 0 Å². The van der Waals surface area contributed by atoms with Gasteiger partial charge < -0.3 is 14.6 Å². The Balaban J connectivity index is 2.01. The maximum Gasteiger partial charge on any atom is 0.261 e. The number of nitrogens with one attached hydrogen (secondary N) is 1. The Morgan fingerprint density at radius 2 is 1.91 bits per heavy atom. The minimum absolute atomic E-state index is 0.106. The van der Waals surface area contributed by atoms with E-state index in [1.54, 1.807) is 54.3 Å². The quantitative estimate of drug-likeness (QED) is 0.809. The average molecular weight is 308 g/mol. The first-order chi connectivity index (χ1) is 11.1. The highest BCUT2D eigenvalue weighted by atomic mass is 16.5. The van der Waals surface area contributed by atoms with Crippen LogP contribution in [0.3, 0.4) is 0 Å². The molecule has 1 N–H and O–H groups in total. The van der Waals surface area contributed by atoms with E-state index in [-0.39, 0.29) is 11.0 Å². The molecule has 0 aliphatic carbocycles. The molecule has 3 rings (SSSR count). The van der Waals surface area contributed by atoms with Crippen molar-refractivity contribution in [2.45, 2.75) is 0 Å². The molecular weight excluding hydrogens is 292 g/mol. The Hall–Kier alpha value is -3.08. The summed E-state index contributed by atoms with van der Waals surface area (Å²) in [4.78, 5) is 25.0. The van der Waals surface area contributed by atoms with Crippen molar-refractivity contribution in [3.05, 3.63) is 70.5 Å². The minimum Gasteiger partial charge on any atom is -0.497 e. The van der Waals surface area contributed by atoms with Crippen molar-refractivity contribution >= 4 is 22.5 Å². The molecule has 0 fully saturated rings. The number of benzene rings is 2. The summed E-state index contributed by atoms with van der Waals surface area (Å²) in [6.07, 6.45) is 1.56. The van der Waals surface area contributed by atoms with E-state index in [1.165, 1.54) is 0 Å². The van der Waals surface area contributed by atoms with Crippen LogP contribution in [-0.2, 0) is 7.05 Å². The number of amides is 1. The number of methoxy groups -OCH3 is 1. The predicted octanol–water partition coefficient (Wildman–Crippen LogP) is 2.80. The van der Waals surface area contributed by atoms with Gasteiger partial charge in [-0.15, -0.1) is 0 Å². The van der Waals surface area contributed by atoms with Crippen LogP contribution in [0.2, 0.25) is 0 Å². The number of rotatable bonds is 3. The second kappa shape index (κ2) is 5.96. The number of aromatic nitrogens is 1. The second-order valence-corrected chi connectivity index (χ2v) is 5.19. The highest BCUT2D eigenvalue weighted by Gasteiger charge is 2.14. The van der Waals surface area contributed by atoms with E-state index in [1.807, 2.05) is 19.2 Å². The smallest absolute Gasteiger partial charge is 0.261 e. The van der Waals surface area contributed by atoms with Crippen LogP contribution in [0.5, 0.6) is 5.75 Å². The number of para-hydroxylation sites is 1. The van der Waals surface area contributed by atoms with E-state index in [9.17, 15) is 9.59 Å². The van der Waals surface area contributed by atoms with Gasteiger partial charge in [-0.05, 0) is 24.3 Å². The Bertz CT molecular complexity index is 944. The van der Waals surface area contributed by atoms with E-state index in [2.05, 4.69) is 5.32 Å². The second-order valence-electron chi connectivity index (χ2n) is 5.19. The molecule has 0 aliphatic rings. The summed E-state index contributed by atoms with van der Waals surface area (Å²) in [5.74, 6) is 0.193. The monoisotopic (exact) mass is 308 g/mol. The first-order valence-electron chi connectivity index (χ1n) is 7.14. The average Bonchev–Trinajstić information content (AvgIpc) is 2.58. The van der Waals surface area contributed by atoms with Gasteiger partial charge in [-0.1, -0.05) is 18.2 Å². The molecule has 5 nitrogen and oxygen atoms in total. The molecule has 116 valence electrons. The number of anilines is 1. The van der Waals surface area contributed by atoms with E-state index >= 15 is 0 Å². The molecule has 3 aromatic rings. The minimum atomic E-state index is -0.440. The van der Waals surface area contributed by atoms with Gasteiger partial charge in [-0.3, -0.25) is 9.59 Å². The third-order valence-corrected chi connectivity index (χ3v) is 3.67. The summed E-state index contributed by atoms with van der Waals surface area (Å²) in [6.45, 7) is 0. The number of carbonyl (C=O) groups is 1. The highest BCUT2D eigenvalue weighted by molar-refractivity contribution is 6.05. The number of ether oxygens (including phenoxy) is 1. The molecule has 0 aliphatic heterocycles. The zero-order valence-corrected chi connectivity index (χ0v) is 12.9. The largest absolute Gasteiger partial charge is 0.497 e. The van der Waals surface area contributed by atoms with E-state index in [4.69, 9.17) is 4.74 Å². The fourth-order valence-electron chi connectivity index (χ4n) is 2.50. The molecular formula is C18H16N2O3. The van der Waals surface area contributed by atoms with E-state index in [0.29, 0.717) is 16.8 Å². The summed E-state index contributed by atoms with van der Waals surface area (Å²) < 4.78 is 6.90. The van der Waals surface area contributed by atoms with Crippen molar-refractivity contribution in [3.8, 4) is 5.75 Å². The van der Waals surface area contributed by atoms with Crippen molar-refractivity contribution in [2.75, 3.05) is 12.4 Å². The molecule has 0 unspecified atom stereocenters. The van der Waals surface area contributed by atoms with Gasteiger partial charge in [0, 0.05) is 30.4 Å². The van der Waals surface area contributed by atoms with Crippen molar-refractivity contribution in [1.82, 2.24) is 4.57 Å². The molecule has 0 radical (unpaired) electrons. The number of aryl methyl sites for hydroxylation is 1. The molecule has 0 bridgehead atoms. The lowest BCUT2D eigenvalue weighted by Gasteiger charge is -2.10. The number of pyridine rings is 1. The summed E-state index contributed by atoms with van der Waals surface area (Å²) in [6, 6.07) is 14.2. The standard InChI is InChI=1S/C18H16N2O3/c1-20-11-15(17(21)14-8-3-4-9-16(14)20)18(22)19-12-6-5-7-13(10-12)23-2/h3-11H,1-2H3,(H,19,22). The van der Waals surface area contributed by atoms with Gasteiger partial charge in [0.15, 0.2) is 0 Å². The van der Waals surface area contributed by atoms with Crippen LogP contribution in [0.4, 0.5) is 5.69 Å². The van der Waals surface area contributed by atoms with E-state index in [0.717, 1.165) is 5.52 Å². The molecule has 2 aromatic carbocycles. The number of carbonyl (C=O) groups excluding carboxylic acids is 1. The molecule has 0 atom stereocenters. The van der Waals surface area contributed by atoms with Crippen LogP contribution in [0.15, 0.2) is 59.5 Å². The van der Waals surface area contributed by atoms with Crippen LogP contribution in [0, 0.1) is 0 Å². The molecule has 23 heavy (non-hydrogen) atoms. The first-order valence-corrected chi connectivity index (χ1v) is 7.14. The van der Waals surface area contributed by atoms with Crippen molar-refractivity contribution < 1.29 is 9.53 Å². The molecule has 1 heterocycles. The molecule has 0 saturated heterocycles. The third kappa shape index (κ3) is 2.81. The number of nitrogens with zero attached hydrogens (tertiary/aromatic N) is 1. The van der Waals surface area contributed by atoms with Crippen LogP contribution >= 0.6 is 0 Å². The van der Waals surface area contributed by atoms with Crippen LogP contribution in [0.1, 0.15) is 10.4 Å². The Morgan fingerprint density at radius 3 is 2.70 bits per heavy atom. The summed E-state index contributed by atoms with van der Waals surface area (Å²) >= 11 is 0. The summed E-state index contributed by atoms with van der Waals surface area (Å²) in [5, 5.41) is 3.25. The van der Waals surface area contributed by atoms with Gasteiger partial charge in [0.05, 0.1) is 12.6 Å². The highest BCUT2D eigenvalue weighted by Crippen LogP contribution is 2.17. The van der Waals surface area contributed by atoms with Crippen molar-refractivity contribution in [2.24, 2.45) is 7.05 Å². The lowest BCUT2D eigenvalue weighted by molar-refractivity contribution is 0.102. The van der Waals surface area contributed by atoms with E-state index < -0.39 is 5.91 Å². The number of hydrogen-bond acceptors (Lipinski definition) is 3. The Labute approximate surface area is 133 Å². The topological polar surface area (TPSA) is 60.3 Å². The van der Waals surface area contributed by atoms with Gasteiger partial charge in [0.1, 0.15) is 11.3 Å². The maximum absolute atomic E-state index is 12.5. The zero-order chi connectivity index (χ0) is 16.4. The van der Waals surface area contributed by atoms with Gasteiger partial charge in [0.2, 0.25) is 5.43 Å². The lowest BCUT2D eigenvalue weighted by Crippen LogP contribution is -2.23. The molecule has 5 heteroatoms. The van der Waals surface area contributed by atoms with Crippen LogP contribution in [-0.4, -0.2) is 17.6 Å². The third-order valence-electron chi connectivity index (χ3n) is 3.67. The van der Waals surface area contributed by atoms with Crippen LogP contribution in [0.25, 0.3) is 10.9 Å². The molecule has 0 spiro atoms. The molecule has 1 aromatic heterocycles. The summed E-state index contributed by atoms with van der Waals surface area (Å²) in [7, 11) is 3.37. The van der Waals surface area contributed by atoms with Gasteiger partial charge in [-0.25, -0.2) is 0 Å². The Kier molecular flexibility index (Phi) is 3.85. The van der Waals surface area contributed by atoms with Gasteiger partial charge >= 0.3 is 0 Å². The summed E-state index contributed by atoms with van der Waals surface area (Å²) in [5.41, 5.74) is 1.19.